The molecule has 1 amide bonds. The average Bonchev–Trinajstić information content (AvgIpc) is 3.61. The molecular formula is C28H30FN7OS. The van der Waals surface area contributed by atoms with Crippen molar-refractivity contribution in [1.29, 1.82) is 0 Å². The van der Waals surface area contributed by atoms with Crippen molar-refractivity contribution in [2.45, 2.75) is 44.8 Å². The molecule has 2 unspecified atom stereocenters. The molecule has 2 aliphatic rings. The summed E-state index contributed by atoms with van der Waals surface area (Å²) in [6, 6.07) is 11.4. The van der Waals surface area contributed by atoms with Gasteiger partial charge in [-0.05, 0) is 70.1 Å². The number of carbonyl (C=O) groups is 1. The Morgan fingerprint density at radius 2 is 1.82 bits per heavy atom. The molecule has 2 saturated heterocycles. The van der Waals surface area contributed by atoms with Crippen LogP contribution in [0.4, 0.5) is 15.9 Å². The molecule has 2 fully saturated rings. The summed E-state index contributed by atoms with van der Waals surface area (Å²) in [5, 5.41) is 5.29. The molecule has 196 valence electrons. The third-order valence-electron chi connectivity index (χ3n) is 7.61. The molecule has 1 N–H and O–H groups in total. The second-order valence-electron chi connectivity index (χ2n) is 10.3. The maximum Gasteiger partial charge on any atom is 0.276 e. The van der Waals surface area contributed by atoms with Gasteiger partial charge in [-0.15, -0.1) is 11.3 Å². The van der Waals surface area contributed by atoms with Crippen molar-refractivity contribution >= 4 is 28.7 Å². The zero-order valence-corrected chi connectivity index (χ0v) is 22.5. The van der Waals surface area contributed by atoms with E-state index >= 15 is 0 Å². The molecule has 4 aromatic rings. The van der Waals surface area contributed by atoms with Gasteiger partial charge in [0.25, 0.3) is 5.91 Å². The second-order valence-corrected chi connectivity index (χ2v) is 11.2. The Hall–Kier alpha value is -3.63. The van der Waals surface area contributed by atoms with Gasteiger partial charge in [-0.3, -0.25) is 9.69 Å². The van der Waals surface area contributed by atoms with Crippen LogP contribution in [0, 0.1) is 5.82 Å². The number of amides is 1. The number of fused-ring (bicyclic) bond motifs is 2. The number of halogens is 1. The summed E-state index contributed by atoms with van der Waals surface area (Å²) in [7, 11) is 2.22. The van der Waals surface area contributed by atoms with Gasteiger partial charge in [-0.2, -0.15) is 0 Å². The van der Waals surface area contributed by atoms with Crippen molar-refractivity contribution in [1.82, 2.24) is 24.4 Å². The van der Waals surface area contributed by atoms with Crippen LogP contribution < -0.4 is 10.2 Å². The molecule has 38 heavy (non-hydrogen) atoms. The number of pyridine rings is 1. The topological polar surface area (TPSA) is 79.2 Å². The third-order valence-corrected chi connectivity index (χ3v) is 8.46. The normalized spacial score (nSPS) is 19.3. The Bertz CT molecular complexity index is 1430. The highest BCUT2D eigenvalue weighted by Gasteiger charge is 2.37. The first-order chi connectivity index (χ1) is 18.4. The molecule has 2 atom stereocenters. The molecule has 3 aromatic heterocycles. The van der Waals surface area contributed by atoms with E-state index in [-0.39, 0.29) is 17.8 Å². The van der Waals surface area contributed by atoms with Crippen LogP contribution in [0.15, 0.2) is 54.3 Å². The highest BCUT2D eigenvalue weighted by Crippen LogP contribution is 2.35. The SMILES string of the molecule is CC(C)n1cnc(-c2ccc(F)cc2)c1-c1nc(C(=O)Nc2ccc(N3CC4CCC(C3)N4C)cn2)cs1. The van der Waals surface area contributed by atoms with Crippen molar-refractivity contribution in [3.8, 4) is 22.0 Å². The Balaban J connectivity index is 1.19. The van der Waals surface area contributed by atoms with Gasteiger partial charge in [-0.1, -0.05) is 0 Å². The molecule has 8 nitrogen and oxygen atoms in total. The largest absolute Gasteiger partial charge is 0.367 e. The van der Waals surface area contributed by atoms with Gasteiger partial charge < -0.3 is 14.8 Å². The van der Waals surface area contributed by atoms with Crippen molar-refractivity contribution in [2.75, 3.05) is 30.4 Å². The summed E-state index contributed by atoms with van der Waals surface area (Å²) in [6.45, 7) is 6.13. The van der Waals surface area contributed by atoms with Gasteiger partial charge in [0.15, 0.2) is 0 Å². The Morgan fingerprint density at radius 3 is 2.47 bits per heavy atom. The lowest BCUT2D eigenvalue weighted by atomic mass is 10.1. The molecular weight excluding hydrogens is 501 g/mol. The minimum Gasteiger partial charge on any atom is -0.367 e. The number of imidazole rings is 1. The number of carbonyl (C=O) groups excluding carboxylic acids is 1. The van der Waals surface area contributed by atoms with E-state index < -0.39 is 0 Å². The lowest BCUT2D eigenvalue weighted by Gasteiger charge is -2.40. The van der Waals surface area contributed by atoms with Gasteiger partial charge in [-0.25, -0.2) is 19.3 Å². The number of hydrogen-bond donors (Lipinski definition) is 1. The first kappa shape index (κ1) is 24.7. The van der Waals surface area contributed by atoms with Crippen LogP contribution in [-0.4, -0.2) is 62.5 Å². The summed E-state index contributed by atoms with van der Waals surface area (Å²) in [5.74, 6) is -0.127. The van der Waals surface area contributed by atoms with Crippen molar-refractivity contribution in [3.63, 3.8) is 0 Å². The maximum atomic E-state index is 13.5. The fourth-order valence-corrected chi connectivity index (χ4v) is 6.27. The zero-order valence-electron chi connectivity index (χ0n) is 21.6. The predicted molar refractivity (Wildman–Crippen MR) is 148 cm³/mol. The van der Waals surface area contributed by atoms with E-state index in [1.54, 1.807) is 23.8 Å². The molecule has 2 aliphatic heterocycles. The number of rotatable bonds is 6. The zero-order chi connectivity index (χ0) is 26.4. The van der Waals surface area contributed by atoms with E-state index in [1.807, 2.05) is 22.9 Å². The second kappa shape index (κ2) is 9.92. The Morgan fingerprint density at radius 1 is 1.08 bits per heavy atom. The Kier molecular flexibility index (Phi) is 6.45. The van der Waals surface area contributed by atoms with Crippen molar-refractivity contribution in [3.05, 3.63) is 65.8 Å². The molecule has 10 heteroatoms. The molecule has 6 rings (SSSR count). The van der Waals surface area contributed by atoms with E-state index in [4.69, 9.17) is 0 Å². The average molecular weight is 532 g/mol. The van der Waals surface area contributed by atoms with Crippen LogP contribution in [0.25, 0.3) is 22.0 Å². The van der Waals surface area contributed by atoms with Crippen molar-refractivity contribution < 1.29 is 9.18 Å². The number of nitrogens with one attached hydrogen (secondary N) is 1. The number of thiazole rings is 1. The molecule has 0 spiro atoms. The fraction of sp³-hybridized carbons (Fsp3) is 0.357. The van der Waals surface area contributed by atoms with E-state index in [0.717, 1.165) is 30.0 Å². The summed E-state index contributed by atoms with van der Waals surface area (Å²) < 4.78 is 15.5. The molecule has 5 heterocycles. The van der Waals surface area contributed by atoms with Crippen LogP contribution in [0.5, 0.6) is 0 Å². The highest BCUT2D eigenvalue weighted by molar-refractivity contribution is 7.13. The number of benzene rings is 1. The maximum absolute atomic E-state index is 13.5. The van der Waals surface area contributed by atoms with Gasteiger partial charge >= 0.3 is 0 Å². The number of piperazine rings is 1. The van der Waals surface area contributed by atoms with Crippen LogP contribution in [-0.2, 0) is 0 Å². The highest BCUT2D eigenvalue weighted by atomic mass is 32.1. The van der Waals surface area contributed by atoms with Crippen LogP contribution in [0.1, 0.15) is 43.2 Å². The molecule has 0 radical (unpaired) electrons. The lowest BCUT2D eigenvalue weighted by Crippen LogP contribution is -2.52. The van der Waals surface area contributed by atoms with Gasteiger partial charge in [0.1, 0.15) is 28.0 Å². The van der Waals surface area contributed by atoms with Crippen molar-refractivity contribution in [2.24, 2.45) is 0 Å². The van der Waals surface area contributed by atoms with E-state index in [9.17, 15) is 9.18 Å². The van der Waals surface area contributed by atoms with Gasteiger partial charge in [0, 0.05) is 42.2 Å². The minimum absolute atomic E-state index is 0.131. The van der Waals surface area contributed by atoms with Gasteiger partial charge in [0.05, 0.1) is 23.9 Å². The number of likely N-dealkylation sites (N-methyl/N-ethyl adjacent to an activating group) is 1. The number of anilines is 2. The van der Waals surface area contributed by atoms with Crippen LogP contribution in [0.2, 0.25) is 0 Å². The van der Waals surface area contributed by atoms with Crippen LogP contribution >= 0.6 is 11.3 Å². The smallest absolute Gasteiger partial charge is 0.276 e. The summed E-state index contributed by atoms with van der Waals surface area (Å²) in [6.07, 6.45) is 6.09. The summed E-state index contributed by atoms with van der Waals surface area (Å²) in [4.78, 5) is 31.7. The Labute approximate surface area is 225 Å². The van der Waals surface area contributed by atoms with E-state index in [0.29, 0.717) is 34.3 Å². The molecule has 0 aliphatic carbocycles. The quantitative estimate of drug-likeness (QED) is 0.363. The summed E-state index contributed by atoms with van der Waals surface area (Å²) in [5.41, 5.74) is 3.70. The monoisotopic (exact) mass is 531 g/mol. The number of nitrogens with zero attached hydrogens (tertiary/aromatic N) is 6. The predicted octanol–water partition coefficient (Wildman–Crippen LogP) is 5.32. The van der Waals surface area contributed by atoms with Gasteiger partial charge in [0.2, 0.25) is 0 Å². The van der Waals surface area contributed by atoms with E-state index in [1.165, 1.54) is 36.3 Å². The lowest BCUT2D eigenvalue weighted by molar-refractivity contribution is 0.102. The number of hydrogen-bond acceptors (Lipinski definition) is 7. The van der Waals surface area contributed by atoms with Crippen LogP contribution in [0.3, 0.4) is 0 Å². The first-order valence-electron chi connectivity index (χ1n) is 12.9. The standard InChI is InChI=1S/C28H30FN7OS/c1-17(2)36-16-31-25(18-4-6-19(29)7-5-18)26(36)28-32-23(15-38-28)27(37)33-24-11-10-20(12-30-24)35-13-21-8-9-22(14-35)34(21)3/h4-7,10-12,15-17,21-22H,8-9,13-14H2,1-3H3,(H,30,33,37). The fourth-order valence-electron chi connectivity index (χ4n) is 5.42. The molecule has 2 bridgehead atoms. The molecule has 1 aromatic carbocycles. The molecule has 0 saturated carbocycles. The first-order valence-corrected chi connectivity index (χ1v) is 13.8. The third kappa shape index (κ3) is 4.58. The number of aromatic nitrogens is 4. The minimum atomic E-state index is -0.315. The summed E-state index contributed by atoms with van der Waals surface area (Å²) >= 11 is 1.38. The van der Waals surface area contributed by atoms with E-state index in [2.05, 4.69) is 51.0 Å².